The lowest BCUT2D eigenvalue weighted by atomic mass is 9.94. The van der Waals surface area contributed by atoms with E-state index in [1.54, 1.807) is 0 Å². The molecule has 1 unspecified atom stereocenters. The van der Waals surface area contributed by atoms with Gasteiger partial charge in [-0.2, -0.15) is 31.4 Å². The SMILES string of the molecule is CC(O)(Cn1cncn1)c1ccc(Oc2ccc(C(F)(F)F)nc2)nc1C(F)(F)F. The van der Waals surface area contributed by atoms with Crippen LogP contribution in [0.2, 0.25) is 0 Å². The first-order valence-corrected chi connectivity index (χ1v) is 8.21. The maximum atomic E-state index is 13.6. The second-order valence-corrected chi connectivity index (χ2v) is 6.39. The molecule has 0 saturated carbocycles. The summed E-state index contributed by atoms with van der Waals surface area (Å²) >= 11 is 0. The molecular weight excluding hydrogens is 420 g/mol. The zero-order valence-corrected chi connectivity index (χ0v) is 15.1. The summed E-state index contributed by atoms with van der Waals surface area (Å²) in [5.74, 6) is -0.782. The van der Waals surface area contributed by atoms with E-state index in [0.717, 1.165) is 36.1 Å². The summed E-state index contributed by atoms with van der Waals surface area (Å²) in [6.07, 6.45) is -6.51. The van der Waals surface area contributed by atoms with Crippen LogP contribution in [0.15, 0.2) is 43.1 Å². The standard InChI is InChI=1S/C17H13F6N5O2/c1-15(29,7-28-9-24-8-26-28)11-3-5-13(27-14(11)17(21,22)23)30-10-2-4-12(25-6-10)16(18,19)20/h2-6,8-9,29H,7H2,1H3. The van der Waals surface area contributed by atoms with Gasteiger partial charge in [0, 0.05) is 11.6 Å². The van der Waals surface area contributed by atoms with E-state index in [0.29, 0.717) is 12.3 Å². The van der Waals surface area contributed by atoms with Crippen LogP contribution in [0.1, 0.15) is 23.9 Å². The minimum absolute atomic E-state index is 0.245. The molecule has 0 radical (unpaired) electrons. The maximum Gasteiger partial charge on any atom is 0.433 e. The lowest BCUT2D eigenvalue weighted by molar-refractivity contribution is -0.144. The number of aliphatic hydroxyl groups is 1. The van der Waals surface area contributed by atoms with E-state index in [-0.39, 0.29) is 12.3 Å². The molecule has 160 valence electrons. The predicted molar refractivity (Wildman–Crippen MR) is 88.1 cm³/mol. The zero-order valence-electron chi connectivity index (χ0n) is 15.1. The van der Waals surface area contributed by atoms with Gasteiger partial charge in [0.15, 0.2) is 5.69 Å². The van der Waals surface area contributed by atoms with Crippen LogP contribution < -0.4 is 4.74 Å². The molecular formula is C17H13F6N5O2. The van der Waals surface area contributed by atoms with Crippen molar-refractivity contribution in [2.24, 2.45) is 0 Å². The number of alkyl halides is 6. The van der Waals surface area contributed by atoms with Gasteiger partial charge < -0.3 is 9.84 Å². The molecule has 30 heavy (non-hydrogen) atoms. The minimum Gasteiger partial charge on any atom is -0.437 e. The van der Waals surface area contributed by atoms with E-state index in [9.17, 15) is 31.4 Å². The van der Waals surface area contributed by atoms with Crippen LogP contribution in [0.25, 0.3) is 0 Å². The fourth-order valence-corrected chi connectivity index (χ4v) is 2.59. The van der Waals surface area contributed by atoms with E-state index >= 15 is 0 Å². The van der Waals surface area contributed by atoms with Crippen LogP contribution in [0.4, 0.5) is 26.3 Å². The minimum atomic E-state index is -4.94. The molecule has 0 aliphatic heterocycles. The van der Waals surface area contributed by atoms with Gasteiger partial charge in [0.2, 0.25) is 5.88 Å². The first kappa shape index (κ1) is 21.5. The quantitative estimate of drug-likeness (QED) is 0.616. The van der Waals surface area contributed by atoms with Crippen LogP contribution in [-0.4, -0.2) is 29.8 Å². The maximum absolute atomic E-state index is 13.6. The van der Waals surface area contributed by atoms with Gasteiger partial charge in [0.05, 0.1) is 12.7 Å². The molecule has 3 rings (SSSR count). The third-order valence-corrected chi connectivity index (χ3v) is 3.90. The molecule has 3 aromatic heterocycles. The molecule has 0 aliphatic rings. The Morgan fingerprint density at radius 3 is 2.30 bits per heavy atom. The smallest absolute Gasteiger partial charge is 0.433 e. The molecule has 0 fully saturated rings. The summed E-state index contributed by atoms with van der Waals surface area (Å²) in [7, 11) is 0. The molecule has 0 saturated heterocycles. The Balaban J connectivity index is 1.91. The van der Waals surface area contributed by atoms with Gasteiger partial charge in [-0.1, -0.05) is 0 Å². The van der Waals surface area contributed by atoms with Crippen LogP contribution >= 0.6 is 0 Å². The van der Waals surface area contributed by atoms with Crippen molar-refractivity contribution in [3.63, 3.8) is 0 Å². The molecule has 1 atom stereocenters. The number of pyridine rings is 2. The Hall–Kier alpha value is -3.22. The molecule has 0 aromatic carbocycles. The summed E-state index contributed by atoms with van der Waals surface area (Å²) in [5, 5.41) is 14.4. The number of rotatable bonds is 5. The van der Waals surface area contributed by atoms with Gasteiger partial charge in [-0.3, -0.25) is 0 Å². The molecule has 0 bridgehead atoms. The van der Waals surface area contributed by atoms with Crippen molar-refractivity contribution in [1.82, 2.24) is 24.7 Å². The topological polar surface area (TPSA) is 86.0 Å². The van der Waals surface area contributed by atoms with Gasteiger partial charge in [-0.15, -0.1) is 0 Å². The normalized spacial score (nSPS) is 14.4. The Morgan fingerprint density at radius 1 is 1.03 bits per heavy atom. The predicted octanol–water partition coefficient (Wildman–Crippen LogP) is 3.81. The van der Waals surface area contributed by atoms with Crippen molar-refractivity contribution in [3.05, 3.63) is 60.1 Å². The largest absolute Gasteiger partial charge is 0.437 e. The second kappa shape index (κ2) is 7.55. The molecule has 3 heterocycles. The number of hydrogen-bond donors (Lipinski definition) is 1. The second-order valence-electron chi connectivity index (χ2n) is 6.39. The van der Waals surface area contributed by atoms with Gasteiger partial charge in [0.1, 0.15) is 29.7 Å². The van der Waals surface area contributed by atoms with E-state index in [4.69, 9.17) is 4.74 Å². The van der Waals surface area contributed by atoms with E-state index in [1.165, 1.54) is 6.33 Å². The lowest BCUT2D eigenvalue weighted by Gasteiger charge is -2.26. The average molecular weight is 433 g/mol. The third-order valence-electron chi connectivity index (χ3n) is 3.90. The highest BCUT2D eigenvalue weighted by molar-refractivity contribution is 5.34. The summed E-state index contributed by atoms with van der Waals surface area (Å²) in [5.41, 5.74) is -5.15. The first-order chi connectivity index (χ1) is 13.9. The zero-order chi connectivity index (χ0) is 22.2. The number of nitrogens with zero attached hydrogens (tertiary/aromatic N) is 5. The van der Waals surface area contributed by atoms with Crippen molar-refractivity contribution in [2.75, 3.05) is 0 Å². The first-order valence-electron chi connectivity index (χ1n) is 8.21. The number of hydrogen-bond acceptors (Lipinski definition) is 6. The molecule has 0 spiro atoms. The average Bonchev–Trinajstić information content (AvgIpc) is 3.13. The highest BCUT2D eigenvalue weighted by atomic mass is 19.4. The van der Waals surface area contributed by atoms with Crippen LogP contribution in [0.5, 0.6) is 11.6 Å². The van der Waals surface area contributed by atoms with Gasteiger partial charge in [-0.05, 0) is 25.1 Å². The fraction of sp³-hybridized carbons (Fsp3) is 0.294. The Bertz CT molecular complexity index is 1000. The van der Waals surface area contributed by atoms with Gasteiger partial charge >= 0.3 is 12.4 Å². The van der Waals surface area contributed by atoms with Gasteiger partial charge in [-0.25, -0.2) is 19.6 Å². The highest BCUT2D eigenvalue weighted by Crippen LogP contribution is 2.38. The number of ether oxygens (including phenoxy) is 1. The summed E-state index contributed by atoms with van der Waals surface area (Å²) in [4.78, 5) is 10.2. The van der Waals surface area contributed by atoms with E-state index < -0.39 is 40.8 Å². The van der Waals surface area contributed by atoms with E-state index in [1.807, 2.05) is 0 Å². The van der Waals surface area contributed by atoms with Crippen molar-refractivity contribution in [1.29, 1.82) is 0 Å². The van der Waals surface area contributed by atoms with E-state index in [2.05, 4.69) is 20.1 Å². The van der Waals surface area contributed by atoms with Crippen LogP contribution in [0.3, 0.4) is 0 Å². The van der Waals surface area contributed by atoms with Crippen LogP contribution in [0, 0.1) is 0 Å². The molecule has 3 aromatic rings. The molecule has 1 N–H and O–H groups in total. The van der Waals surface area contributed by atoms with Crippen molar-refractivity contribution >= 4 is 0 Å². The van der Waals surface area contributed by atoms with Crippen molar-refractivity contribution in [2.45, 2.75) is 31.4 Å². The number of halogens is 6. The van der Waals surface area contributed by atoms with Crippen LogP contribution in [-0.2, 0) is 24.5 Å². The highest BCUT2D eigenvalue weighted by Gasteiger charge is 2.41. The fourth-order valence-electron chi connectivity index (χ4n) is 2.59. The monoisotopic (exact) mass is 433 g/mol. The molecule has 0 aliphatic carbocycles. The Kier molecular flexibility index (Phi) is 5.41. The number of aromatic nitrogens is 5. The van der Waals surface area contributed by atoms with Gasteiger partial charge in [0.25, 0.3) is 0 Å². The third kappa shape index (κ3) is 4.84. The Morgan fingerprint density at radius 2 is 1.77 bits per heavy atom. The molecule has 0 amide bonds. The summed E-state index contributed by atoms with van der Waals surface area (Å²) < 4.78 is 84.6. The summed E-state index contributed by atoms with van der Waals surface area (Å²) in [6, 6.07) is 3.55. The summed E-state index contributed by atoms with van der Waals surface area (Å²) in [6.45, 7) is 0.821. The molecule has 7 nitrogen and oxygen atoms in total. The van der Waals surface area contributed by atoms with Crippen molar-refractivity contribution < 1.29 is 36.2 Å². The lowest BCUT2D eigenvalue weighted by Crippen LogP contribution is -2.31. The van der Waals surface area contributed by atoms with Crippen molar-refractivity contribution in [3.8, 4) is 11.6 Å². The Labute approximate surface area is 165 Å². The molecule has 13 heteroatoms.